The van der Waals surface area contributed by atoms with Crippen molar-refractivity contribution in [1.29, 1.82) is 0 Å². The molecule has 5 nitrogen and oxygen atoms in total. The molecule has 2 aromatic heterocycles. The maximum atomic E-state index is 12.1. The van der Waals surface area contributed by atoms with Gasteiger partial charge in [-0.1, -0.05) is 23.2 Å². The highest BCUT2D eigenvalue weighted by atomic mass is 35.5. The lowest BCUT2D eigenvalue weighted by Gasteiger charge is -2.11. The lowest BCUT2D eigenvalue weighted by Crippen LogP contribution is -2.09. The Morgan fingerprint density at radius 2 is 2.00 bits per heavy atom. The number of aliphatic imine (C=N–C) groups is 1. The third-order valence-corrected chi connectivity index (χ3v) is 5.38. The van der Waals surface area contributed by atoms with Crippen LogP contribution in [0.25, 0.3) is 5.82 Å². The van der Waals surface area contributed by atoms with Gasteiger partial charge in [0.1, 0.15) is 0 Å². The topological polar surface area (TPSA) is 60.1 Å². The number of aromatic nitrogens is 3. The third kappa shape index (κ3) is 4.71. The minimum atomic E-state index is -0.0912. The Labute approximate surface area is 184 Å². The van der Waals surface area contributed by atoms with Gasteiger partial charge in [-0.25, -0.2) is 9.67 Å². The number of hydrogen-bond donors (Lipinski definition) is 0. The van der Waals surface area contributed by atoms with Crippen molar-refractivity contribution in [3.05, 3.63) is 69.1 Å². The molecule has 0 aliphatic rings. The molecule has 0 aliphatic heterocycles. The van der Waals surface area contributed by atoms with Gasteiger partial charge in [-0.15, -0.1) is 0 Å². The summed E-state index contributed by atoms with van der Waals surface area (Å²) >= 11 is 14.2. The Hall–Kier alpha value is -2.15. The summed E-state index contributed by atoms with van der Waals surface area (Å²) in [4.78, 5) is 21.3. The number of ketones is 1. The summed E-state index contributed by atoms with van der Waals surface area (Å²) in [6.45, 7) is 5.27. The first-order chi connectivity index (χ1) is 13.8. The second-order valence-electron chi connectivity index (χ2n) is 6.55. The maximum Gasteiger partial charge on any atom is 0.172 e. The van der Waals surface area contributed by atoms with Crippen LogP contribution in [0.4, 0.5) is 5.69 Å². The molecule has 29 heavy (non-hydrogen) atoms. The molecule has 0 atom stereocenters. The lowest BCUT2D eigenvalue weighted by molar-refractivity contribution is 0.101. The number of carbonyl (C=O) groups is 1. The van der Waals surface area contributed by atoms with Crippen molar-refractivity contribution < 1.29 is 4.79 Å². The van der Waals surface area contributed by atoms with Crippen LogP contribution in [0.15, 0.2) is 41.5 Å². The predicted octanol–water partition coefficient (Wildman–Crippen LogP) is 6.09. The van der Waals surface area contributed by atoms with Crippen molar-refractivity contribution in [2.75, 3.05) is 6.26 Å². The molecule has 0 spiro atoms. The zero-order chi connectivity index (χ0) is 21.1. The summed E-state index contributed by atoms with van der Waals surface area (Å²) in [5.41, 5.74) is 4.26. The van der Waals surface area contributed by atoms with Crippen LogP contribution in [0.1, 0.15) is 41.2 Å². The van der Waals surface area contributed by atoms with E-state index in [1.165, 1.54) is 6.92 Å². The standard InChI is InChI=1S/C21H20Cl2N4OS/c1-12-8-15(22)9-17(14(3)28)20(12)25-13(2)19-10-16(11-29-4)26-27(19)21-18(23)6-5-7-24-21/h5-10H,11H2,1-4H3/b25-13+. The number of pyridine rings is 1. The van der Waals surface area contributed by atoms with Gasteiger partial charge in [-0.05, 0) is 62.9 Å². The first-order valence-corrected chi connectivity index (χ1v) is 11.0. The van der Waals surface area contributed by atoms with Gasteiger partial charge in [0.05, 0.1) is 27.8 Å². The Morgan fingerprint density at radius 3 is 2.66 bits per heavy atom. The smallest absolute Gasteiger partial charge is 0.172 e. The van der Waals surface area contributed by atoms with Crippen molar-refractivity contribution in [2.24, 2.45) is 4.99 Å². The molecule has 0 unspecified atom stereocenters. The van der Waals surface area contributed by atoms with E-state index >= 15 is 0 Å². The van der Waals surface area contributed by atoms with Crippen LogP contribution in [0, 0.1) is 6.92 Å². The van der Waals surface area contributed by atoms with Crippen molar-refractivity contribution in [2.45, 2.75) is 26.5 Å². The van der Waals surface area contributed by atoms with E-state index in [2.05, 4.69) is 10.1 Å². The summed E-state index contributed by atoms with van der Waals surface area (Å²) in [6.07, 6.45) is 3.69. The van der Waals surface area contributed by atoms with Crippen LogP contribution < -0.4 is 0 Å². The van der Waals surface area contributed by atoms with E-state index < -0.39 is 0 Å². The molecule has 0 radical (unpaired) electrons. The molecule has 0 fully saturated rings. The highest BCUT2D eigenvalue weighted by Gasteiger charge is 2.17. The number of rotatable bonds is 6. The van der Waals surface area contributed by atoms with Crippen molar-refractivity contribution in [1.82, 2.24) is 14.8 Å². The quantitative estimate of drug-likeness (QED) is 0.339. The molecule has 0 saturated carbocycles. The van der Waals surface area contributed by atoms with Gasteiger partial charge in [0.25, 0.3) is 0 Å². The third-order valence-electron chi connectivity index (χ3n) is 4.29. The maximum absolute atomic E-state index is 12.1. The largest absolute Gasteiger partial charge is 0.294 e. The van der Waals surface area contributed by atoms with E-state index in [0.717, 1.165) is 22.7 Å². The SMILES string of the molecule is CSCc1cc(/C(C)=N/c2c(C)cc(Cl)cc2C(C)=O)n(-c2ncccc2Cl)n1. The lowest BCUT2D eigenvalue weighted by atomic mass is 10.0. The first-order valence-electron chi connectivity index (χ1n) is 8.87. The van der Waals surface area contributed by atoms with E-state index in [9.17, 15) is 4.79 Å². The fourth-order valence-corrected chi connectivity index (χ4v) is 3.89. The Bertz CT molecular complexity index is 1110. The van der Waals surface area contributed by atoms with Gasteiger partial charge in [-0.3, -0.25) is 9.79 Å². The summed E-state index contributed by atoms with van der Waals surface area (Å²) in [5, 5.41) is 5.67. The minimum absolute atomic E-state index is 0.0912. The Balaban J connectivity index is 2.19. The molecule has 0 bridgehead atoms. The van der Waals surface area contributed by atoms with Crippen LogP contribution in [-0.4, -0.2) is 32.5 Å². The number of Topliss-reactive ketones (excluding diaryl/α,β-unsaturated/α-hetero) is 1. The van der Waals surface area contributed by atoms with E-state index in [-0.39, 0.29) is 5.78 Å². The number of aryl methyl sites for hydroxylation is 1. The first kappa shape index (κ1) is 21.6. The summed E-state index contributed by atoms with van der Waals surface area (Å²) < 4.78 is 1.70. The van der Waals surface area contributed by atoms with Crippen LogP contribution in [0.5, 0.6) is 0 Å². The van der Waals surface area contributed by atoms with Crippen LogP contribution in [-0.2, 0) is 5.75 Å². The fraction of sp³-hybridized carbons (Fsp3) is 0.238. The second-order valence-corrected chi connectivity index (χ2v) is 8.26. The molecule has 1 aromatic carbocycles. The minimum Gasteiger partial charge on any atom is -0.294 e. The molecular weight excluding hydrogens is 427 g/mol. The number of halogens is 2. The van der Waals surface area contributed by atoms with Gasteiger partial charge in [0.15, 0.2) is 11.6 Å². The van der Waals surface area contributed by atoms with E-state index in [4.69, 9.17) is 28.2 Å². The molecule has 3 rings (SSSR count). The predicted molar refractivity (Wildman–Crippen MR) is 122 cm³/mol. The van der Waals surface area contributed by atoms with Crippen LogP contribution in [0.3, 0.4) is 0 Å². The van der Waals surface area contributed by atoms with Gasteiger partial charge in [0, 0.05) is 22.5 Å². The number of benzene rings is 1. The number of carbonyl (C=O) groups excluding carboxylic acids is 1. The zero-order valence-electron chi connectivity index (χ0n) is 16.5. The molecular formula is C21H20Cl2N4OS. The van der Waals surface area contributed by atoms with Gasteiger partial charge >= 0.3 is 0 Å². The van der Waals surface area contributed by atoms with Crippen LogP contribution >= 0.6 is 35.0 Å². The van der Waals surface area contributed by atoms with Gasteiger partial charge < -0.3 is 0 Å². The molecule has 0 N–H and O–H groups in total. The van der Waals surface area contributed by atoms with E-state index in [0.29, 0.717) is 32.8 Å². The van der Waals surface area contributed by atoms with Gasteiger partial charge in [-0.2, -0.15) is 16.9 Å². The summed E-state index contributed by atoms with van der Waals surface area (Å²) in [5.74, 6) is 1.19. The summed E-state index contributed by atoms with van der Waals surface area (Å²) in [7, 11) is 0. The van der Waals surface area contributed by atoms with Crippen molar-refractivity contribution in [3.8, 4) is 5.82 Å². The second kappa shape index (κ2) is 9.11. The Kier molecular flexibility index (Phi) is 6.77. The average molecular weight is 447 g/mol. The molecule has 0 aliphatic carbocycles. The molecule has 0 saturated heterocycles. The normalized spacial score (nSPS) is 11.7. The average Bonchev–Trinajstić information content (AvgIpc) is 3.08. The molecule has 0 amide bonds. The summed E-state index contributed by atoms with van der Waals surface area (Å²) in [6, 6.07) is 8.96. The van der Waals surface area contributed by atoms with Crippen molar-refractivity contribution >= 4 is 52.1 Å². The molecule has 150 valence electrons. The number of thioether (sulfide) groups is 1. The molecule has 8 heteroatoms. The number of hydrogen-bond acceptors (Lipinski definition) is 5. The highest BCUT2D eigenvalue weighted by Crippen LogP contribution is 2.30. The highest BCUT2D eigenvalue weighted by molar-refractivity contribution is 7.97. The van der Waals surface area contributed by atoms with Crippen molar-refractivity contribution in [3.63, 3.8) is 0 Å². The Morgan fingerprint density at radius 1 is 1.24 bits per heavy atom. The van der Waals surface area contributed by atoms with E-state index in [1.54, 1.807) is 46.9 Å². The fourth-order valence-electron chi connectivity index (χ4n) is 2.98. The molecule has 3 aromatic rings. The molecule has 2 heterocycles. The monoisotopic (exact) mass is 446 g/mol. The zero-order valence-corrected chi connectivity index (χ0v) is 18.9. The van der Waals surface area contributed by atoms with Gasteiger partial charge in [0.2, 0.25) is 0 Å². The number of nitrogens with zero attached hydrogens (tertiary/aromatic N) is 4. The van der Waals surface area contributed by atoms with E-state index in [1.807, 2.05) is 26.2 Å². The van der Waals surface area contributed by atoms with Crippen LogP contribution in [0.2, 0.25) is 10.0 Å².